The van der Waals surface area contributed by atoms with Crippen LogP contribution in [0.2, 0.25) is 0 Å². The van der Waals surface area contributed by atoms with Crippen LogP contribution in [0.3, 0.4) is 0 Å². The summed E-state index contributed by atoms with van der Waals surface area (Å²) in [5.74, 6) is -0.393. The largest absolute Gasteiger partial charge is 0.322 e. The van der Waals surface area contributed by atoms with Gasteiger partial charge in [0.05, 0.1) is 4.92 Å². The standard InChI is InChI=1S/C16H11N3O3S/c20-15(12-2-1-3-14(10-12)19(21)22)18-13-6-4-11(5-7-13)16-17-8-9-23-16/h1-10H,(H,18,20). The van der Waals surface area contributed by atoms with Crippen molar-refractivity contribution in [2.24, 2.45) is 0 Å². The van der Waals surface area contributed by atoms with Crippen LogP contribution in [0.15, 0.2) is 60.1 Å². The molecular formula is C16H11N3O3S. The van der Waals surface area contributed by atoms with E-state index in [0.717, 1.165) is 10.6 Å². The quantitative estimate of drug-likeness (QED) is 0.581. The molecule has 0 radical (unpaired) electrons. The van der Waals surface area contributed by atoms with Crippen LogP contribution in [0.1, 0.15) is 10.4 Å². The molecule has 0 bridgehead atoms. The van der Waals surface area contributed by atoms with Crippen molar-refractivity contribution in [2.75, 3.05) is 5.32 Å². The van der Waals surface area contributed by atoms with Crippen molar-refractivity contribution < 1.29 is 9.72 Å². The van der Waals surface area contributed by atoms with E-state index in [-0.39, 0.29) is 11.3 Å². The van der Waals surface area contributed by atoms with Crippen LogP contribution >= 0.6 is 11.3 Å². The molecular weight excluding hydrogens is 314 g/mol. The molecule has 0 aliphatic carbocycles. The third-order valence-corrected chi connectivity index (χ3v) is 3.96. The van der Waals surface area contributed by atoms with Gasteiger partial charge >= 0.3 is 0 Å². The fourth-order valence-electron chi connectivity index (χ4n) is 2.03. The number of nitrogens with one attached hydrogen (secondary N) is 1. The first kappa shape index (κ1) is 14.9. The molecule has 1 aromatic heterocycles. The van der Waals surface area contributed by atoms with Crippen molar-refractivity contribution in [1.82, 2.24) is 4.98 Å². The van der Waals surface area contributed by atoms with E-state index in [1.54, 1.807) is 18.3 Å². The Balaban J connectivity index is 1.75. The number of anilines is 1. The van der Waals surface area contributed by atoms with Gasteiger partial charge in [-0.05, 0) is 30.3 Å². The molecule has 0 spiro atoms. The highest BCUT2D eigenvalue weighted by Gasteiger charge is 2.11. The topological polar surface area (TPSA) is 85.1 Å². The Morgan fingerprint density at radius 2 is 1.96 bits per heavy atom. The highest BCUT2D eigenvalue weighted by atomic mass is 32.1. The van der Waals surface area contributed by atoms with Crippen LogP contribution in [0.25, 0.3) is 10.6 Å². The fourth-order valence-corrected chi connectivity index (χ4v) is 2.67. The van der Waals surface area contributed by atoms with E-state index in [2.05, 4.69) is 10.3 Å². The van der Waals surface area contributed by atoms with Gasteiger partial charge in [0.15, 0.2) is 0 Å². The fraction of sp³-hybridized carbons (Fsp3) is 0. The SMILES string of the molecule is O=C(Nc1ccc(-c2nccs2)cc1)c1cccc([N+](=O)[O-])c1. The summed E-state index contributed by atoms with van der Waals surface area (Å²) in [6, 6.07) is 12.9. The maximum Gasteiger partial charge on any atom is 0.270 e. The van der Waals surface area contributed by atoms with E-state index in [4.69, 9.17) is 0 Å². The zero-order valence-corrected chi connectivity index (χ0v) is 12.6. The minimum atomic E-state index is -0.528. The van der Waals surface area contributed by atoms with Gasteiger partial charge in [-0.15, -0.1) is 11.3 Å². The predicted molar refractivity (Wildman–Crippen MR) is 88.6 cm³/mol. The molecule has 0 fully saturated rings. The Bertz CT molecular complexity index is 845. The smallest absolute Gasteiger partial charge is 0.270 e. The van der Waals surface area contributed by atoms with E-state index in [1.165, 1.54) is 35.6 Å². The van der Waals surface area contributed by atoms with E-state index in [0.29, 0.717) is 5.69 Å². The number of non-ortho nitro benzene ring substituents is 1. The summed E-state index contributed by atoms with van der Waals surface area (Å²) < 4.78 is 0. The lowest BCUT2D eigenvalue weighted by Crippen LogP contribution is -2.11. The molecule has 0 atom stereocenters. The van der Waals surface area contributed by atoms with Gasteiger partial charge in [-0.1, -0.05) is 6.07 Å². The van der Waals surface area contributed by atoms with Crippen molar-refractivity contribution in [2.45, 2.75) is 0 Å². The monoisotopic (exact) mass is 325 g/mol. The van der Waals surface area contributed by atoms with Crippen molar-refractivity contribution in [3.8, 4) is 10.6 Å². The number of thiazole rings is 1. The third-order valence-electron chi connectivity index (χ3n) is 3.14. The molecule has 0 saturated carbocycles. The van der Waals surface area contributed by atoms with E-state index >= 15 is 0 Å². The van der Waals surface area contributed by atoms with Gasteiger partial charge in [-0.2, -0.15) is 0 Å². The lowest BCUT2D eigenvalue weighted by atomic mass is 10.1. The molecule has 1 heterocycles. The normalized spacial score (nSPS) is 10.3. The second-order valence-corrected chi connectivity index (χ2v) is 5.57. The number of amides is 1. The van der Waals surface area contributed by atoms with E-state index in [9.17, 15) is 14.9 Å². The van der Waals surface area contributed by atoms with Crippen LogP contribution < -0.4 is 5.32 Å². The first-order valence-corrected chi connectivity index (χ1v) is 7.57. The molecule has 0 aliphatic rings. The summed E-state index contributed by atoms with van der Waals surface area (Å²) in [4.78, 5) is 26.6. The minimum absolute atomic E-state index is 0.114. The van der Waals surface area contributed by atoms with Crippen molar-refractivity contribution in [3.63, 3.8) is 0 Å². The van der Waals surface area contributed by atoms with Crippen molar-refractivity contribution in [3.05, 3.63) is 75.8 Å². The number of rotatable bonds is 4. The summed E-state index contributed by atoms with van der Waals surface area (Å²) in [5.41, 5.74) is 1.70. The van der Waals surface area contributed by atoms with Gasteiger partial charge in [0.1, 0.15) is 5.01 Å². The van der Waals surface area contributed by atoms with Crippen molar-refractivity contribution >= 4 is 28.6 Å². The molecule has 114 valence electrons. The predicted octanol–water partition coefficient (Wildman–Crippen LogP) is 3.97. The zero-order chi connectivity index (χ0) is 16.2. The summed E-state index contributed by atoms with van der Waals surface area (Å²) in [6.07, 6.45) is 1.73. The number of carbonyl (C=O) groups excluding carboxylic acids is 1. The van der Waals surface area contributed by atoms with Crippen LogP contribution in [-0.4, -0.2) is 15.8 Å². The molecule has 0 aliphatic heterocycles. The van der Waals surface area contributed by atoms with Crippen LogP contribution in [0.5, 0.6) is 0 Å². The number of hydrogen-bond donors (Lipinski definition) is 1. The van der Waals surface area contributed by atoms with Crippen LogP contribution in [-0.2, 0) is 0 Å². The Labute approximate surface area is 135 Å². The Morgan fingerprint density at radius 3 is 2.61 bits per heavy atom. The van der Waals surface area contributed by atoms with Gasteiger partial charge < -0.3 is 5.32 Å². The molecule has 7 heteroatoms. The molecule has 2 aromatic carbocycles. The number of nitro groups is 1. The average Bonchev–Trinajstić information content (AvgIpc) is 3.10. The summed E-state index contributed by atoms with van der Waals surface area (Å²) >= 11 is 1.53. The number of carbonyl (C=O) groups is 1. The maximum absolute atomic E-state index is 12.2. The number of benzene rings is 2. The molecule has 0 saturated heterocycles. The lowest BCUT2D eigenvalue weighted by Gasteiger charge is -2.06. The second kappa shape index (κ2) is 6.37. The van der Waals surface area contributed by atoms with Gasteiger partial charge in [-0.25, -0.2) is 4.98 Å². The highest BCUT2D eigenvalue weighted by molar-refractivity contribution is 7.13. The highest BCUT2D eigenvalue weighted by Crippen LogP contribution is 2.23. The first-order valence-electron chi connectivity index (χ1n) is 6.69. The Morgan fingerprint density at radius 1 is 1.17 bits per heavy atom. The minimum Gasteiger partial charge on any atom is -0.322 e. The third kappa shape index (κ3) is 3.41. The molecule has 1 N–H and O–H groups in total. The lowest BCUT2D eigenvalue weighted by molar-refractivity contribution is -0.384. The van der Waals surface area contributed by atoms with Crippen LogP contribution in [0.4, 0.5) is 11.4 Å². The summed E-state index contributed by atoms with van der Waals surface area (Å²) in [6.45, 7) is 0. The Kier molecular flexibility index (Phi) is 4.11. The van der Waals surface area contributed by atoms with Gasteiger partial charge in [0.25, 0.3) is 11.6 Å². The Hall–Kier alpha value is -3.06. The number of nitrogens with zero attached hydrogens (tertiary/aromatic N) is 2. The van der Waals surface area contributed by atoms with E-state index in [1.807, 2.05) is 17.5 Å². The molecule has 3 aromatic rings. The zero-order valence-electron chi connectivity index (χ0n) is 11.8. The average molecular weight is 325 g/mol. The van der Waals surface area contributed by atoms with Gasteiger partial charge in [0, 0.05) is 40.5 Å². The van der Waals surface area contributed by atoms with Crippen LogP contribution in [0, 0.1) is 10.1 Å². The van der Waals surface area contributed by atoms with Crippen molar-refractivity contribution in [1.29, 1.82) is 0 Å². The number of hydrogen-bond acceptors (Lipinski definition) is 5. The number of nitro benzene ring substituents is 1. The second-order valence-electron chi connectivity index (χ2n) is 4.68. The molecule has 6 nitrogen and oxygen atoms in total. The summed E-state index contributed by atoms with van der Waals surface area (Å²) in [7, 11) is 0. The molecule has 0 unspecified atom stereocenters. The summed E-state index contributed by atoms with van der Waals surface area (Å²) in [5, 5.41) is 16.3. The van der Waals surface area contributed by atoms with E-state index < -0.39 is 10.8 Å². The van der Waals surface area contributed by atoms with Gasteiger partial charge in [-0.3, -0.25) is 14.9 Å². The maximum atomic E-state index is 12.2. The first-order chi connectivity index (χ1) is 11.1. The molecule has 1 amide bonds. The molecule has 3 rings (SSSR count). The molecule has 23 heavy (non-hydrogen) atoms. The number of aromatic nitrogens is 1. The van der Waals surface area contributed by atoms with Gasteiger partial charge in [0.2, 0.25) is 0 Å².